The quantitative estimate of drug-likeness (QED) is 0.272. The minimum Gasteiger partial charge on any atom is -0.422 e. The molecule has 1 aromatic heterocycles. The molecule has 2 aromatic rings. The van der Waals surface area contributed by atoms with Gasteiger partial charge in [0.25, 0.3) is 0 Å². The second kappa shape index (κ2) is 7.19. The summed E-state index contributed by atoms with van der Waals surface area (Å²) in [6.45, 7) is 4.96. The second-order valence-corrected chi connectivity index (χ2v) is 6.50. The second-order valence-electron chi connectivity index (χ2n) is 5.21. The lowest BCUT2D eigenvalue weighted by atomic mass is 10.1. The number of fused-ring (bicyclic) bond motifs is 1. The maximum absolute atomic E-state index is 12.1. The number of hydrogen-bond acceptors (Lipinski definition) is 6. The van der Waals surface area contributed by atoms with Crippen LogP contribution in [0.3, 0.4) is 0 Å². The molecule has 1 aromatic carbocycles. The topological polar surface area (TPSA) is 68.9 Å². The zero-order chi connectivity index (χ0) is 17.1. The number of halogens is 1. The lowest BCUT2D eigenvalue weighted by molar-refractivity contribution is -0.147. The number of nitrogens with zero attached hydrogens (tertiary/aromatic N) is 1. The third-order valence-electron chi connectivity index (χ3n) is 3.15. The maximum Gasteiger partial charge on any atom is 0.345 e. The van der Waals surface area contributed by atoms with E-state index in [-0.39, 0.29) is 17.2 Å². The fraction of sp³-hybridized carbons (Fsp3) is 0.312. The van der Waals surface area contributed by atoms with Crippen LogP contribution in [-0.2, 0) is 9.63 Å². The molecule has 0 saturated heterocycles. The van der Waals surface area contributed by atoms with Crippen LogP contribution in [0.25, 0.3) is 11.0 Å². The molecule has 0 radical (unpaired) electrons. The van der Waals surface area contributed by atoms with E-state index in [2.05, 4.69) is 5.16 Å². The Bertz CT molecular complexity index is 842. The Morgan fingerprint density at radius 3 is 2.65 bits per heavy atom. The Kier molecular flexibility index (Phi) is 5.49. The van der Waals surface area contributed by atoms with Gasteiger partial charge in [-0.2, -0.15) is 0 Å². The molecule has 2 rings (SSSR count). The maximum atomic E-state index is 12.1. The van der Waals surface area contributed by atoms with E-state index in [0.717, 1.165) is 4.90 Å². The summed E-state index contributed by atoms with van der Waals surface area (Å²) in [5, 5.41) is 4.78. The summed E-state index contributed by atoms with van der Waals surface area (Å²) in [6, 6.07) is 5.14. The van der Waals surface area contributed by atoms with Gasteiger partial charge in [0.05, 0.1) is 22.2 Å². The molecule has 0 spiro atoms. The molecule has 1 heterocycles. The average Bonchev–Trinajstić information content (AvgIpc) is 2.51. The first-order valence-electron chi connectivity index (χ1n) is 6.90. The molecule has 0 aliphatic heterocycles. The highest BCUT2D eigenvalue weighted by Gasteiger charge is 2.14. The Hall–Kier alpha value is -1.79. The monoisotopic (exact) mass is 353 g/mol. The third-order valence-corrected chi connectivity index (χ3v) is 4.17. The van der Waals surface area contributed by atoms with Gasteiger partial charge in [-0.05, 0) is 31.4 Å². The molecule has 0 atom stereocenters. The molecule has 0 saturated carbocycles. The van der Waals surface area contributed by atoms with Gasteiger partial charge in [0.2, 0.25) is 0 Å². The van der Waals surface area contributed by atoms with Crippen LogP contribution in [0.2, 0.25) is 5.02 Å². The SMILES string of the molecule is CSc1cc(Cl)c2cc(/C(C)=N/OC(=O)C(C)C)c(=O)oc2c1. The molecule has 7 heteroatoms. The predicted octanol–water partition coefficient (Wildman–Crippen LogP) is 4.09. The van der Waals surface area contributed by atoms with Crippen molar-refractivity contribution in [2.75, 3.05) is 6.26 Å². The van der Waals surface area contributed by atoms with E-state index < -0.39 is 11.6 Å². The van der Waals surface area contributed by atoms with E-state index in [0.29, 0.717) is 16.0 Å². The van der Waals surface area contributed by atoms with Crippen LogP contribution < -0.4 is 5.63 Å². The van der Waals surface area contributed by atoms with Gasteiger partial charge in [-0.25, -0.2) is 9.59 Å². The van der Waals surface area contributed by atoms with Crippen LogP contribution in [0.4, 0.5) is 0 Å². The van der Waals surface area contributed by atoms with Gasteiger partial charge in [0, 0.05) is 10.3 Å². The van der Waals surface area contributed by atoms with E-state index in [1.165, 1.54) is 11.8 Å². The van der Waals surface area contributed by atoms with E-state index in [9.17, 15) is 9.59 Å². The van der Waals surface area contributed by atoms with Gasteiger partial charge >= 0.3 is 11.6 Å². The van der Waals surface area contributed by atoms with Crippen molar-refractivity contribution < 1.29 is 14.0 Å². The normalized spacial score (nSPS) is 12.0. The zero-order valence-electron chi connectivity index (χ0n) is 13.2. The van der Waals surface area contributed by atoms with Gasteiger partial charge in [-0.1, -0.05) is 30.6 Å². The summed E-state index contributed by atoms with van der Waals surface area (Å²) in [5.41, 5.74) is 0.295. The molecule has 0 fully saturated rings. The summed E-state index contributed by atoms with van der Waals surface area (Å²) < 4.78 is 5.32. The highest BCUT2D eigenvalue weighted by atomic mass is 35.5. The summed E-state index contributed by atoms with van der Waals surface area (Å²) in [5.74, 6) is -0.781. The number of rotatable bonds is 4. The van der Waals surface area contributed by atoms with Crippen LogP contribution in [-0.4, -0.2) is 17.9 Å². The number of oxime groups is 1. The van der Waals surface area contributed by atoms with E-state index in [4.69, 9.17) is 20.9 Å². The average molecular weight is 354 g/mol. The van der Waals surface area contributed by atoms with Crippen LogP contribution in [0.1, 0.15) is 26.3 Å². The van der Waals surface area contributed by atoms with E-state index in [1.807, 2.05) is 6.26 Å². The summed E-state index contributed by atoms with van der Waals surface area (Å²) >= 11 is 7.74. The summed E-state index contributed by atoms with van der Waals surface area (Å²) in [6.07, 6.45) is 1.91. The zero-order valence-corrected chi connectivity index (χ0v) is 14.7. The van der Waals surface area contributed by atoms with Crippen molar-refractivity contribution in [2.45, 2.75) is 25.7 Å². The molecule has 0 aliphatic carbocycles. The van der Waals surface area contributed by atoms with Crippen molar-refractivity contribution in [2.24, 2.45) is 11.1 Å². The lowest BCUT2D eigenvalue weighted by Gasteiger charge is -2.06. The van der Waals surface area contributed by atoms with Gasteiger partial charge in [0.15, 0.2) is 0 Å². The largest absolute Gasteiger partial charge is 0.422 e. The molecule has 23 heavy (non-hydrogen) atoms. The van der Waals surface area contributed by atoms with Crippen LogP contribution in [0.15, 0.2) is 37.5 Å². The number of carbonyl (C=O) groups excluding carboxylic acids is 1. The predicted molar refractivity (Wildman–Crippen MR) is 92.4 cm³/mol. The number of benzene rings is 1. The number of thioether (sulfide) groups is 1. The standard InChI is InChI=1S/C16H16ClNO4S/c1-8(2)15(19)22-18-9(3)11-7-12-13(17)5-10(23-4)6-14(12)21-16(11)20/h5-8H,1-4H3/b18-9+. The van der Waals surface area contributed by atoms with Crippen molar-refractivity contribution in [3.8, 4) is 0 Å². The van der Waals surface area contributed by atoms with Crippen LogP contribution in [0, 0.1) is 5.92 Å². The smallest absolute Gasteiger partial charge is 0.345 e. The molecule has 0 amide bonds. The number of hydrogen-bond donors (Lipinski definition) is 0. The molecule has 0 aliphatic rings. The van der Waals surface area contributed by atoms with Gasteiger partial charge in [0.1, 0.15) is 5.58 Å². The van der Waals surface area contributed by atoms with Crippen molar-refractivity contribution in [1.82, 2.24) is 0 Å². The van der Waals surface area contributed by atoms with Gasteiger partial charge in [-0.3, -0.25) is 0 Å². The molecule has 0 unspecified atom stereocenters. The first kappa shape index (κ1) is 17.6. The Morgan fingerprint density at radius 2 is 2.04 bits per heavy atom. The molecule has 122 valence electrons. The van der Waals surface area contributed by atoms with Crippen molar-refractivity contribution >= 4 is 46.0 Å². The fourth-order valence-electron chi connectivity index (χ4n) is 1.79. The Balaban J connectivity index is 2.48. The van der Waals surface area contributed by atoms with Crippen molar-refractivity contribution in [3.63, 3.8) is 0 Å². The van der Waals surface area contributed by atoms with E-state index >= 15 is 0 Å². The van der Waals surface area contributed by atoms with Gasteiger partial charge < -0.3 is 9.25 Å². The first-order valence-corrected chi connectivity index (χ1v) is 8.51. The molecule has 0 bridgehead atoms. The fourth-order valence-corrected chi connectivity index (χ4v) is 2.58. The van der Waals surface area contributed by atoms with Gasteiger partial charge in [-0.15, -0.1) is 11.8 Å². The first-order chi connectivity index (χ1) is 10.8. The molecular formula is C16H16ClNO4S. The van der Waals surface area contributed by atoms with Crippen LogP contribution >= 0.6 is 23.4 Å². The lowest BCUT2D eigenvalue weighted by Crippen LogP contribution is -2.14. The summed E-state index contributed by atoms with van der Waals surface area (Å²) in [7, 11) is 0. The number of carbonyl (C=O) groups is 1. The molecule has 5 nitrogen and oxygen atoms in total. The molecular weight excluding hydrogens is 338 g/mol. The Labute approximate surface area is 142 Å². The Morgan fingerprint density at radius 1 is 1.35 bits per heavy atom. The van der Waals surface area contributed by atoms with Crippen molar-refractivity contribution in [3.05, 3.63) is 39.2 Å². The van der Waals surface area contributed by atoms with Crippen LogP contribution in [0.5, 0.6) is 0 Å². The highest BCUT2D eigenvalue weighted by molar-refractivity contribution is 7.98. The minimum atomic E-state index is -0.561. The summed E-state index contributed by atoms with van der Waals surface area (Å²) in [4.78, 5) is 29.3. The third kappa shape index (κ3) is 3.95. The minimum absolute atomic E-state index is 0.202. The molecule has 0 N–H and O–H groups in total. The van der Waals surface area contributed by atoms with Crippen molar-refractivity contribution in [1.29, 1.82) is 0 Å². The van der Waals surface area contributed by atoms with E-state index in [1.54, 1.807) is 39.0 Å². The highest BCUT2D eigenvalue weighted by Crippen LogP contribution is 2.29.